The predicted octanol–water partition coefficient (Wildman–Crippen LogP) is 4.45. The van der Waals surface area contributed by atoms with Gasteiger partial charge in [0.1, 0.15) is 11.6 Å². The first-order valence-electron chi connectivity index (χ1n) is 15.0. The lowest BCUT2D eigenvalue weighted by molar-refractivity contribution is -0.141. The van der Waals surface area contributed by atoms with Crippen LogP contribution in [0.3, 0.4) is 0 Å². The summed E-state index contributed by atoms with van der Waals surface area (Å²) in [4.78, 5) is 43.7. The summed E-state index contributed by atoms with van der Waals surface area (Å²) in [6.45, 7) is 2.16. The van der Waals surface area contributed by atoms with Gasteiger partial charge in [-0.25, -0.2) is 0 Å². The van der Waals surface area contributed by atoms with E-state index < -0.39 is 29.6 Å². The van der Waals surface area contributed by atoms with E-state index in [-0.39, 0.29) is 30.3 Å². The first-order valence-corrected chi connectivity index (χ1v) is 15.4. The minimum atomic E-state index is -1.22. The summed E-state index contributed by atoms with van der Waals surface area (Å²) in [6, 6.07) is 10.1. The molecule has 5 atom stereocenters. The number of benzene rings is 2. The lowest BCUT2D eigenvalue weighted by Crippen LogP contribution is -2.56. The number of likely N-dealkylation sites (tertiary alicyclic amines) is 1. The SMILES string of the molecule is COc1ccc(CCN2C(=O)[C@H]3[C@H](C(=O)Nc4ccc(C)c(Cl)c4)[C@H]4C=C[C@@]3(O4)[C@@H]2C(=O)NC2CCCCC2)cc1OC. The zero-order valence-electron chi connectivity index (χ0n) is 24.7. The number of rotatable bonds is 9. The topological polar surface area (TPSA) is 106 Å². The minimum absolute atomic E-state index is 0.0625. The summed E-state index contributed by atoms with van der Waals surface area (Å²) in [5.41, 5.74) is 1.15. The number of ether oxygens (including phenoxy) is 3. The fourth-order valence-electron chi connectivity index (χ4n) is 7.22. The Bertz CT molecular complexity index is 1460. The Morgan fingerprint density at radius 1 is 1.05 bits per heavy atom. The molecule has 3 fully saturated rings. The molecule has 0 radical (unpaired) electrons. The van der Waals surface area contributed by atoms with Crippen molar-refractivity contribution in [3.05, 3.63) is 64.7 Å². The van der Waals surface area contributed by atoms with Crippen molar-refractivity contribution in [3.63, 3.8) is 0 Å². The number of nitrogens with zero attached hydrogens (tertiary/aromatic N) is 1. The lowest BCUT2D eigenvalue weighted by atomic mass is 9.74. The van der Waals surface area contributed by atoms with Crippen LogP contribution in [-0.2, 0) is 25.5 Å². The van der Waals surface area contributed by atoms with Crippen LogP contribution in [0.4, 0.5) is 5.69 Å². The smallest absolute Gasteiger partial charge is 0.246 e. The number of aryl methyl sites for hydroxylation is 1. The molecule has 1 saturated carbocycles. The Balaban J connectivity index is 1.29. The van der Waals surface area contributed by atoms with Crippen LogP contribution in [0.5, 0.6) is 11.5 Å². The van der Waals surface area contributed by atoms with Gasteiger partial charge in [-0.05, 0) is 61.6 Å². The first-order chi connectivity index (χ1) is 20.8. The molecular formula is C33H38ClN3O6. The van der Waals surface area contributed by atoms with E-state index in [0.717, 1.165) is 43.2 Å². The Labute approximate surface area is 256 Å². The molecule has 0 aromatic heterocycles. The van der Waals surface area contributed by atoms with Gasteiger partial charge in [-0.15, -0.1) is 0 Å². The maximum Gasteiger partial charge on any atom is 0.246 e. The molecule has 2 aromatic carbocycles. The van der Waals surface area contributed by atoms with E-state index in [4.69, 9.17) is 25.8 Å². The van der Waals surface area contributed by atoms with Gasteiger partial charge in [-0.3, -0.25) is 14.4 Å². The van der Waals surface area contributed by atoms with Gasteiger partial charge in [-0.1, -0.05) is 55.1 Å². The van der Waals surface area contributed by atoms with Gasteiger partial charge in [0, 0.05) is 23.3 Å². The van der Waals surface area contributed by atoms with Crippen LogP contribution in [-0.4, -0.2) is 67.2 Å². The van der Waals surface area contributed by atoms with Crippen molar-refractivity contribution < 1.29 is 28.6 Å². The van der Waals surface area contributed by atoms with Crippen molar-refractivity contribution in [2.24, 2.45) is 11.8 Å². The Morgan fingerprint density at radius 3 is 2.53 bits per heavy atom. The zero-order chi connectivity index (χ0) is 30.3. The molecule has 2 saturated heterocycles. The van der Waals surface area contributed by atoms with E-state index in [1.807, 2.05) is 43.3 Å². The van der Waals surface area contributed by atoms with Crippen LogP contribution < -0.4 is 20.1 Å². The second-order valence-electron chi connectivity index (χ2n) is 12.0. The van der Waals surface area contributed by atoms with Gasteiger partial charge in [0.2, 0.25) is 17.7 Å². The highest BCUT2D eigenvalue weighted by Crippen LogP contribution is 2.55. The van der Waals surface area contributed by atoms with Crippen molar-refractivity contribution in [2.45, 2.75) is 69.2 Å². The molecule has 6 rings (SSSR count). The molecule has 10 heteroatoms. The van der Waals surface area contributed by atoms with E-state index in [9.17, 15) is 14.4 Å². The highest BCUT2D eigenvalue weighted by Gasteiger charge is 2.72. The van der Waals surface area contributed by atoms with Gasteiger partial charge in [0.05, 0.1) is 32.2 Å². The molecule has 3 aliphatic heterocycles. The third kappa shape index (κ3) is 5.27. The molecule has 1 spiro atoms. The number of anilines is 1. The molecule has 1 aliphatic carbocycles. The van der Waals surface area contributed by atoms with Crippen LogP contribution in [0.25, 0.3) is 0 Å². The van der Waals surface area contributed by atoms with E-state index in [1.165, 1.54) is 0 Å². The fourth-order valence-corrected chi connectivity index (χ4v) is 7.40. The van der Waals surface area contributed by atoms with E-state index in [1.54, 1.807) is 31.3 Å². The maximum atomic E-state index is 14.3. The van der Waals surface area contributed by atoms with Gasteiger partial charge < -0.3 is 29.7 Å². The maximum absolute atomic E-state index is 14.3. The van der Waals surface area contributed by atoms with Crippen LogP contribution in [0, 0.1) is 18.8 Å². The molecule has 3 amide bonds. The first kappa shape index (κ1) is 29.5. The highest BCUT2D eigenvalue weighted by molar-refractivity contribution is 6.31. The average molecular weight is 608 g/mol. The summed E-state index contributed by atoms with van der Waals surface area (Å²) in [7, 11) is 3.16. The number of carbonyl (C=O) groups excluding carboxylic acids is 3. The Kier molecular flexibility index (Phi) is 8.13. The standard InChI is InChI=1S/C33H38ClN3O6/c1-19-9-11-22(18-23(19)34)36-30(38)27-25-13-15-33(43-25)28(27)32(40)37(29(33)31(39)35-21-7-5-4-6-8-21)16-14-20-10-12-24(41-2)26(17-20)42-3/h9-13,15,17-18,21,25,27-29H,4-8,14,16H2,1-3H3,(H,35,39)(H,36,38)/t25-,27-,28-,29+,33+/m1/s1. The molecule has 43 heavy (non-hydrogen) atoms. The monoisotopic (exact) mass is 607 g/mol. The molecule has 2 aromatic rings. The number of fused-ring (bicyclic) bond motifs is 1. The summed E-state index contributed by atoms with van der Waals surface area (Å²) in [6.07, 6.45) is 8.67. The third-order valence-electron chi connectivity index (χ3n) is 9.41. The number of nitrogens with one attached hydrogen (secondary N) is 2. The highest BCUT2D eigenvalue weighted by atomic mass is 35.5. The third-order valence-corrected chi connectivity index (χ3v) is 9.81. The molecular weight excluding hydrogens is 570 g/mol. The summed E-state index contributed by atoms with van der Waals surface area (Å²) in [5, 5.41) is 6.71. The second-order valence-corrected chi connectivity index (χ2v) is 12.4. The van der Waals surface area contributed by atoms with E-state index in [2.05, 4.69) is 10.6 Å². The van der Waals surface area contributed by atoms with Crippen molar-refractivity contribution in [1.82, 2.24) is 10.2 Å². The van der Waals surface area contributed by atoms with Gasteiger partial charge in [-0.2, -0.15) is 0 Å². The Hall–Kier alpha value is -3.56. The van der Waals surface area contributed by atoms with Crippen molar-refractivity contribution in [1.29, 1.82) is 0 Å². The van der Waals surface area contributed by atoms with Crippen molar-refractivity contribution in [3.8, 4) is 11.5 Å². The summed E-state index contributed by atoms with van der Waals surface area (Å²) in [5.74, 6) is -1.22. The summed E-state index contributed by atoms with van der Waals surface area (Å²) < 4.78 is 17.3. The predicted molar refractivity (Wildman–Crippen MR) is 162 cm³/mol. The van der Waals surface area contributed by atoms with E-state index in [0.29, 0.717) is 28.6 Å². The normalized spacial score (nSPS) is 27.7. The number of halogens is 1. The fraction of sp³-hybridized carbons (Fsp3) is 0.485. The zero-order valence-corrected chi connectivity index (χ0v) is 25.5. The largest absolute Gasteiger partial charge is 0.493 e. The van der Waals surface area contributed by atoms with Crippen LogP contribution >= 0.6 is 11.6 Å². The van der Waals surface area contributed by atoms with Crippen LogP contribution in [0.15, 0.2) is 48.6 Å². The van der Waals surface area contributed by atoms with Crippen molar-refractivity contribution >= 4 is 35.0 Å². The van der Waals surface area contributed by atoms with Gasteiger partial charge in [0.15, 0.2) is 11.5 Å². The molecule has 0 unspecified atom stereocenters. The van der Waals surface area contributed by atoms with Crippen molar-refractivity contribution in [2.75, 3.05) is 26.1 Å². The molecule has 4 aliphatic rings. The summed E-state index contributed by atoms with van der Waals surface area (Å²) >= 11 is 6.30. The molecule has 3 heterocycles. The Morgan fingerprint density at radius 2 is 1.81 bits per heavy atom. The van der Waals surface area contributed by atoms with Gasteiger partial charge >= 0.3 is 0 Å². The molecule has 9 nitrogen and oxygen atoms in total. The number of hydrogen-bond donors (Lipinski definition) is 2. The lowest BCUT2D eigenvalue weighted by Gasteiger charge is -2.34. The van der Waals surface area contributed by atoms with Gasteiger partial charge in [0.25, 0.3) is 0 Å². The minimum Gasteiger partial charge on any atom is -0.493 e. The quantitative estimate of drug-likeness (QED) is 0.408. The number of amides is 3. The van der Waals surface area contributed by atoms with Crippen LogP contribution in [0.1, 0.15) is 43.2 Å². The second kappa shape index (κ2) is 11.8. The molecule has 2 N–H and O–H groups in total. The number of methoxy groups -OCH3 is 2. The molecule has 228 valence electrons. The molecule has 2 bridgehead atoms. The number of carbonyl (C=O) groups is 3. The van der Waals surface area contributed by atoms with E-state index >= 15 is 0 Å². The average Bonchev–Trinajstić information content (AvgIpc) is 3.65. The number of hydrogen-bond acceptors (Lipinski definition) is 6. The van der Waals surface area contributed by atoms with Crippen LogP contribution in [0.2, 0.25) is 5.02 Å².